The number of nitrogens with one attached hydrogen (secondary N) is 1. The SMILES string of the molecule is C=CCOP(=O)(OCCC#N)OC1[C@@H](CO)OCC1(F)n1cnc2c(NC(=O)c3ccccc3)ncnc21. The Morgan fingerprint density at radius 3 is 2.87 bits per heavy atom. The molecule has 0 radical (unpaired) electrons. The summed E-state index contributed by atoms with van der Waals surface area (Å²) in [6.45, 7) is 1.58. The van der Waals surface area contributed by atoms with Crippen LogP contribution in [-0.4, -0.2) is 69.2 Å². The summed E-state index contributed by atoms with van der Waals surface area (Å²) in [7, 11) is -4.45. The van der Waals surface area contributed by atoms with E-state index >= 15 is 4.39 Å². The highest BCUT2D eigenvalue weighted by molar-refractivity contribution is 7.48. The molecule has 0 saturated carbocycles. The van der Waals surface area contributed by atoms with E-state index in [-0.39, 0.29) is 36.6 Å². The maximum absolute atomic E-state index is 16.7. The Bertz CT molecular complexity index is 1380. The number of hydrogen-bond donors (Lipinski definition) is 2. The minimum Gasteiger partial charge on any atom is -0.394 e. The highest BCUT2D eigenvalue weighted by Gasteiger charge is 2.57. The molecule has 38 heavy (non-hydrogen) atoms. The molecule has 200 valence electrons. The zero-order valence-corrected chi connectivity index (χ0v) is 20.9. The predicted octanol–water partition coefficient (Wildman–Crippen LogP) is 2.72. The average molecular weight is 546 g/mol. The Balaban J connectivity index is 1.67. The third kappa shape index (κ3) is 5.63. The molecule has 15 heteroatoms. The van der Waals surface area contributed by atoms with Crippen LogP contribution >= 0.6 is 7.82 Å². The van der Waals surface area contributed by atoms with Crippen LogP contribution in [0.15, 0.2) is 55.6 Å². The summed E-state index contributed by atoms with van der Waals surface area (Å²) >= 11 is 0. The summed E-state index contributed by atoms with van der Waals surface area (Å²) in [5.74, 6) is -3.03. The number of carbonyl (C=O) groups excluding carboxylic acids is 1. The fourth-order valence-electron chi connectivity index (χ4n) is 3.73. The van der Waals surface area contributed by atoms with Gasteiger partial charge in [0.15, 0.2) is 23.1 Å². The lowest BCUT2D eigenvalue weighted by molar-refractivity contribution is -0.0513. The van der Waals surface area contributed by atoms with Gasteiger partial charge in [-0.2, -0.15) is 5.26 Å². The monoisotopic (exact) mass is 546 g/mol. The molecule has 0 aliphatic carbocycles. The van der Waals surface area contributed by atoms with Crippen molar-refractivity contribution in [1.82, 2.24) is 19.5 Å². The van der Waals surface area contributed by atoms with Crippen molar-refractivity contribution in [3.05, 3.63) is 61.2 Å². The van der Waals surface area contributed by atoms with Crippen LogP contribution < -0.4 is 5.32 Å². The molecule has 1 saturated heterocycles. The predicted molar refractivity (Wildman–Crippen MR) is 130 cm³/mol. The molecule has 2 N–H and O–H groups in total. The number of hydrogen-bond acceptors (Lipinski definition) is 11. The Kier molecular flexibility index (Phi) is 8.58. The van der Waals surface area contributed by atoms with E-state index in [2.05, 4.69) is 26.8 Å². The number of halogens is 1. The number of phosphoric acid groups is 1. The molecule has 13 nitrogen and oxygen atoms in total. The lowest BCUT2D eigenvalue weighted by atomic mass is 10.1. The molecule has 4 rings (SSSR count). The van der Waals surface area contributed by atoms with Crippen LogP contribution in [0.3, 0.4) is 0 Å². The van der Waals surface area contributed by atoms with Crippen LogP contribution in [0.1, 0.15) is 16.8 Å². The van der Waals surface area contributed by atoms with E-state index in [0.29, 0.717) is 5.56 Å². The first-order valence-corrected chi connectivity index (χ1v) is 12.8. The lowest BCUT2D eigenvalue weighted by Gasteiger charge is -2.31. The summed E-state index contributed by atoms with van der Waals surface area (Å²) in [4.78, 5) is 25.0. The zero-order chi connectivity index (χ0) is 27.2. The number of phosphoric ester groups is 1. The number of fused-ring (bicyclic) bond motifs is 1. The number of alkyl halides is 1. The molecule has 0 bridgehead atoms. The average Bonchev–Trinajstić information content (AvgIpc) is 3.51. The van der Waals surface area contributed by atoms with Gasteiger partial charge >= 0.3 is 7.82 Å². The highest BCUT2D eigenvalue weighted by Crippen LogP contribution is 2.54. The van der Waals surface area contributed by atoms with Gasteiger partial charge in [0, 0.05) is 5.56 Å². The van der Waals surface area contributed by atoms with Crippen molar-refractivity contribution in [2.75, 3.05) is 31.7 Å². The van der Waals surface area contributed by atoms with Gasteiger partial charge in [0.25, 0.3) is 5.91 Å². The van der Waals surface area contributed by atoms with Crippen LogP contribution in [0.2, 0.25) is 0 Å². The first kappa shape index (κ1) is 27.5. The Morgan fingerprint density at radius 1 is 1.37 bits per heavy atom. The third-order valence-corrected chi connectivity index (χ3v) is 6.96. The van der Waals surface area contributed by atoms with E-state index in [1.165, 1.54) is 6.08 Å². The minimum absolute atomic E-state index is 0.0288. The molecule has 3 aromatic rings. The molecule has 2 aromatic heterocycles. The quantitative estimate of drug-likeness (QED) is 0.194. The zero-order valence-electron chi connectivity index (χ0n) is 20.0. The topological polar surface area (TPSA) is 171 Å². The largest absolute Gasteiger partial charge is 0.475 e. The van der Waals surface area contributed by atoms with E-state index in [4.69, 9.17) is 23.6 Å². The molecule has 0 spiro atoms. The first-order chi connectivity index (χ1) is 18.3. The first-order valence-electron chi connectivity index (χ1n) is 11.4. The number of imidazole rings is 1. The van der Waals surface area contributed by atoms with E-state index in [0.717, 1.165) is 17.2 Å². The van der Waals surface area contributed by atoms with Crippen molar-refractivity contribution < 1.29 is 37.2 Å². The number of aliphatic hydroxyl groups excluding tert-OH is 1. The number of carbonyl (C=O) groups is 1. The second-order valence-electron chi connectivity index (χ2n) is 7.98. The molecule has 1 aromatic carbocycles. The number of rotatable bonds is 12. The smallest absolute Gasteiger partial charge is 0.394 e. The molecule has 1 amide bonds. The summed E-state index contributed by atoms with van der Waals surface area (Å²) < 4.78 is 52.2. The number of aromatic nitrogens is 4. The number of benzene rings is 1. The van der Waals surface area contributed by atoms with Crippen molar-refractivity contribution in [3.63, 3.8) is 0 Å². The van der Waals surface area contributed by atoms with Gasteiger partial charge in [-0.05, 0) is 12.1 Å². The second kappa shape index (κ2) is 11.9. The Hall–Kier alpha value is -3.57. The fourth-order valence-corrected chi connectivity index (χ4v) is 5.11. The van der Waals surface area contributed by atoms with Gasteiger partial charge < -0.3 is 15.2 Å². The van der Waals surface area contributed by atoms with Gasteiger partial charge in [-0.1, -0.05) is 24.3 Å². The van der Waals surface area contributed by atoms with Crippen molar-refractivity contribution in [2.45, 2.75) is 24.4 Å². The third-order valence-electron chi connectivity index (χ3n) is 5.51. The number of anilines is 1. The Morgan fingerprint density at radius 2 is 2.16 bits per heavy atom. The van der Waals surface area contributed by atoms with Gasteiger partial charge in [0.05, 0.1) is 38.6 Å². The molecule has 1 fully saturated rings. The number of amides is 1. The van der Waals surface area contributed by atoms with E-state index in [1.807, 2.05) is 6.07 Å². The maximum Gasteiger partial charge on any atom is 0.475 e. The molecule has 1 aliphatic heterocycles. The van der Waals surface area contributed by atoms with Crippen molar-refractivity contribution in [1.29, 1.82) is 5.26 Å². The van der Waals surface area contributed by atoms with Crippen LogP contribution in [0.4, 0.5) is 10.2 Å². The van der Waals surface area contributed by atoms with Gasteiger partial charge in [-0.15, -0.1) is 6.58 Å². The van der Waals surface area contributed by atoms with Gasteiger partial charge in [0.1, 0.15) is 19.0 Å². The summed E-state index contributed by atoms with van der Waals surface area (Å²) in [6, 6.07) is 10.2. The number of nitriles is 1. The lowest BCUT2D eigenvalue weighted by Crippen LogP contribution is -2.45. The van der Waals surface area contributed by atoms with Crippen LogP contribution in [0.25, 0.3) is 11.2 Å². The van der Waals surface area contributed by atoms with Gasteiger partial charge in [0.2, 0.25) is 5.79 Å². The van der Waals surface area contributed by atoms with Crippen molar-refractivity contribution in [2.24, 2.45) is 0 Å². The van der Waals surface area contributed by atoms with Crippen LogP contribution in [0, 0.1) is 11.3 Å². The molecule has 4 atom stereocenters. The van der Waals surface area contributed by atoms with Crippen LogP contribution in [0.5, 0.6) is 0 Å². The van der Waals surface area contributed by atoms with Crippen molar-refractivity contribution >= 4 is 30.7 Å². The Labute approximate surface area is 216 Å². The fraction of sp³-hybridized carbons (Fsp3) is 0.348. The molecular weight excluding hydrogens is 522 g/mol. The van der Waals surface area contributed by atoms with E-state index in [1.54, 1.807) is 30.3 Å². The summed E-state index contributed by atoms with van der Waals surface area (Å²) in [5, 5.41) is 21.2. The molecule has 3 unspecified atom stereocenters. The molecule has 3 heterocycles. The summed E-state index contributed by atoms with van der Waals surface area (Å²) in [5.41, 5.74) is 0.404. The standard InChI is InChI=1S/C23H24FN6O7P/c1-2-10-35-38(33,36-11-6-9-25)37-19-17(12-31)34-13-23(19,24)30-15-28-18-20(26-14-27-21(18)30)29-22(32)16-7-4-3-5-8-16/h2-5,7-8,14-15,17,19,31H,1,6,10-13H2,(H,26,27,29,32)/t17-,19?,23?,38?/m1/s1. The normalized spacial score (nSPS) is 22.6. The van der Waals surface area contributed by atoms with Crippen LogP contribution in [-0.2, 0) is 28.7 Å². The minimum atomic E-state index is -4.45. The number of aliphatic hydroxyl groups is 1. The maximum atomic E-state index is 16.7. The van der Waals surface area contributed by atoms with Gasteiger partial charge in [-0.3, -0.25) is 22.9 Å². The van der Waals surface area contributed by atoms with E-state index < -0.39 is 44.9 Å². The molecule has 1 aliphatic rings. The van der Waals surface area contributed by atoms with Crippen molar-refractivity contribution in [3.8, 4) is 6.07 Å². The summed E-state index contributed by atoms with van der Waals surface area (Å²) in [6.07, 6.45) is 0.395. The molecular formula is C23H24FN6O7P. The highest BCUT2D eigenvalue weighted by atomic mass is 31.2. The number of ether oxygens (including phenoxy) is 1. The van der Waals surface area contributed by atoms with E-state index in [9.17, 15) is 14.5 Å². The number of nitrogens with zero attached hydrogens (tertiary/aromatic N) is 5. The second-order valence-corrected chi connectivity index (χ2v) is 9.60. The van der Waals surface area contributed by atoms with Gasteiger partial charge in [-0.25, -0.2) is 23.9 Å².